The van der Waals surface area contributed by atoms with Crippen molar-refractivity contribution in [3.05, 3.63) is 60.5 Å². The van der Waals surface area contributed by atoms with E-state index in [1.165, 1.54) is 0 Å². The zero-order chi connectivity index (χ0) is 17.3. The molecule has 1 heterocycles. The van der Waals surface area contributed by atoms with Gasteiger partial charge in [0.05, 0.1) is 0 Å². The van der Waals surface area contributed by atoms with Gasteiger partial charge in [0.1, 0.15) is 5.75 Å². The van der Waals surface area contributed by atoms with Crippen LogP contribution in [-0.2, 0) is 5.41 Å². The average molecular weight is 329 g/mol. The number of phenolic OH excluding ortho intramolecular Hbond substituents is 1. The lowest BCUT2D eigenvalue weighted by molar-refractivity contribution is 0.212. The van der Waals surface area contributed by atoms with E-state index in [-0.39, 0.29) is 5.41 Å². The fourth-order valence-corrected chi connectivity index (χ4v) is 5.04. The fraction of sp³-hybridized carbons (Fsp3) is 0.368. The molecule has 4 heteroatoms. The summed E-state index contributed by atoms with van der Waals surface area (Å²) in [7, 11) is 0.0243. The summed E-state index contributed by atoms with van der Waals surface area (Å²) in [6, 6.07) is 6.16. The Kier molecular flexibility index (Phi) is 4.87. The summed E-state index contributed by atoms with van der Waals surface area (Å²) < 4.78 is 2.26. The Labute approximate surface area is 141 Å². The predicted molar refractivity (Wildman–Crippen MR) is 101 cm³/mol. The molecule has 1 aliphatic rings. The van der Waals surface area contributed by atoms with Gasteiger partial charge in [0, 0.05) is 12.4 Å². The van der Waals surface area contributed by atoms with Gasteiger partial charge >= 0.3 is 0 Å². The van der Waals surface area contributed by atoms with Crippen molar-refractivity contribution in [1.29, 1.82) is 0 Å². The van der Waals surface area contributed by atoms with Crippen molar-refractivity contribution in [1.82, 2.24) is 9.68 Å². The maximum absolute atomic E-state index is 10.9. The first-order valence-electron chi connectivity index (χ1n) is 8.02. The maximum Gasteiger partial charge on any atom is 0.181 e. The Morgan fingerprint density at radius 1 is 1.00 bits per heavy atom. The molecule has 1 aromatic rings. The molecule has 1 aliphatic heterocycles. The summed E-state index contributed by atoms with van der Waals surface area (Å²) in [5.74, 6) is 0.449. The highest BCUT2D eigenvalue weighted by atomic mass is 28.3. The van der Waals surface area contributed by atoms with E-state index in [0.717, 1.165) is 10.8 Å². The summed E-state index contributed by atoms with van der Waals surface area (Å²) in [5.41, 5.74) is 0.933. The van der Waals surface area contributed by atoms with Gasteiger partial charge in [0.2, 0.25) is 0 Å². The number of allylic oxidation sites excluding steroid dienone is 4. The number of nitrogens with zero attached hydrogens (tertiary/aromatic N) is 2. The number of hydrogen-bond donors (Lipinski definition) is 1. The third-order valence-corrected chi connectivity index (χ3v) is 8.04. The van der Waals surface area contributed by atoms with Crippen LogP contribution < -0.4 is 5.19 Å². The number of phenols is 1. The third-order valence-electron chi connectivity index (χ3n) is 4.47. The first kappa shape index (κ1) is 17.6. The van der Waals surface area contributed by atoms with Crippen LogP contribution in [0.4, 0.5) is 0 Å². The Morgan fingerprint density at radius 2 is 1.57 bits per heavy atom. The summed E-state index contributed by atoms with van der Waals surface area (Å²) in [4.78, 5) is 0. The highest BCUT2D eigenvalue weighted by Gasteiger charge is 2.35. The fourth-order valence-electron chi connectivity index (χ4n) is 2.76. The molecule has 0 unspecified atom stereocenters. The molecule has 0 spiro atoms. The molecule has 0 saturated carbocycles. The molecular weight excluding hydrogens is 300 g/mol. The zero-order valence-electron chi connectivity index (χ0n) is 15.0. The lowest BCUT2D eigenvalue weighted by atomic mass is 9.86. The molecule has 1 N–H and O–H groups in total. The van der Waals surface area contributed by atoms with Gasteiger partial charge in [-0.3, -0.25) is 5.01 Å². The highest BCUT2D eigenvalue weighted by molar-refractivity contribution is 6.87. The first-order valence-corrected chi connectivity index (χ1v) is 11.0. The monoisotopic (exact) mass is 328 g/mol. The largest absolute Gasteiger partial charge is 0.508 e. The average Bonchev–Trinajstić information content (AvgIpc) is 2.74. The Bertz CT molecular complexity index is 638. The molecule has 0 bridgehead atoms. The number of para-hydroxylation sites is 1. The van der Waals surface area contributed by atoms with Gasteiger partial charge in [0.15, 0.2) is 8.24 Å². The summed E-state index contributed by atoms with van der Waals surface area (Å²) in [6.45, 7) is 10.9. The van der Waals surface area contributed by atoms with Crippen LogP contribution in [0.3, 0.4) is 0 Å². The predicted octanol–water partition coefficient (Wildman–Crippen LogP) is 3.85. The van der Waals surface area contributed by atoms with E-state index in [1.807, 2.05) is 42.8 Å². The van der Waals surface area contributed by atoms with Crippen molar-refractivity contribution in [2.75, 3.05) is 7.05 Å². The molecule has 1 aromatic carbocycles. The van der Waals surface area contributed by atoms with Gasteiger partial charge in [-0.05, 0) is 35.4 Å². The van der Waals surface area contributed by atoms with Crippen LogP contribution in [0.2, 0.25) is 13.1 Å². The lowest BCUT2D eigenvalue weighted by Gasteiger charge is -2.40. The standard InChI is InChI=1S/C19H28N2OSi/c1-19(2,3)16-12-11-13-17(18(16)22)23(5,6)20(4)21-14-9-7-8-10-15-21/h7-15,22H,1-6H3. The normalized spacial score (nSPS) is 15.3. The van der Waals surface area contributed by atoms with Crippen molar-refractivity contribution >= 4 is 13.4 Å². The molecule has 0 aromatic heterocycles. The van der Waals surface area contributed by atoms with Crippen LogP contribution in [0.25, 0.3) is 0 Å². The van der Waals surface area contributed by atoms with Gasteiger partial charge in [-0.2, -0.15) is 0 Å². The Balaban J connectivity index is 2.43. The summed E-state index contributed by atoms with van der Waals surface area (Å²) in [5, 5.41) is 14.1. The molecule has 0 saturated heterocycles. The molecule has 0 atom stereocenters. The van der Waals surface area contributed by atoms with E-state index >= 15 is 0 Å². The Hall–Kier alpha value is -1.78. The lowest BCUT2D eigenvalue weighted by Crippen LogP contribution is -2.60. The van der Waals surface area contributed by atoms with Gasteiger partial charge in [-0.25, -0.2) is 4.67 Å². The number of rotatable bonds is 3. The number of benzene rings is 1. The quantitative estimate of drug-likeness (QED) is 0.854. The van der Waals surface area contributed by atoms with Crippen molar-refractivity contribution in [3.63, 3.8) is 0 Å². The van der Waals surface area contributed by atoms with Gasteiger partial charge < -0.3 is 5.11 Å². The van der Waals surface area contributed by atoms with Gasteiger partial charge in [-0.1, -0.05) is 64.2 Å². The second-order valence-electron chi connectivity index (χ2n) is 7.48. The van der Waals surface area contributed by atoms with Crippen molar-refractivity contribution in [3.8, 4) is 5.75 Å². The van der Waals surface area contributed by atoms with Crippen LogP contribution in [0.1, 0.15) is 26.3 Å². The third kappa shape index (κ3) is 3.59. The molecule has 3 nitrogen and oxygen atoms in total. The van der Waals surface area contributed by atoms with Crippen LogP contribution >= 0.6 is 0 Å². The van der Waals surface area contributed by atoms with Crippen molar-refractivity contribution < 1.29 is 5.11 Å². The minimum atomic E-state index is -2.07. The second-order valence-corrected chi connectivity index (χ2v) is 11.8. The maximum atomic E-state index is 10.9. The van der Waals surface area contributed by atoms with Gasteiger partial charge in [-0.15, -0.1) is 0 Å². The first-order chi connectivity index (χ1) is 10.7. The van der Waals surface area contributed by atoms with E-state index in [0.29, 0.717) is 5.75 Å². The number of hydrazine groups is 1. The minimum Gasteiger partial charge on any atom is -0.508 e. The van der Waals surface area contributed by atoms with E-state index < -0.39 is 8.24 Å². The molecule has 0 radical (unpaired) electrons. The summed E-state index contributed by atoms with van der Waals surface area (Å²) >= 11 is 0. The molecule has 23 heavy (non-hydrogen) atoms. The molecule has 124 valence electrons. The topological polar surface area (TPSA) is 26.7 Å². The van der Waals surface area contributed by atoms with Crippen LogP contribution in [0, 0.1) is 0 Å². The molecule has 2 rings (SSSR count). The molecular formula is C19H28N2OSi. The van der Waals surface area contributed by atoms with Crippen molar-refractivity contribution in [2.45, 2.75) is 39.3 Å². The van der Waals surface area contributed by atoms with Crippen LogP contribution in [-0.4, -0.2) is 30.1 Å². The molecule has 0 fully saturated rings. The van der Waals surface area contributed by atoms with Gasteiger partial charge in [0.25, 0.3) is 0 Å². The van der Waals surface area contributed by atoms with E-state index in [2.05, 4.69) is 62.7 Å². The number of aromatic hydroxyl groups is 1. The van der Waals surface area contributed by atoms with Crippen molar-refractivity contribution in [2.24, 2.45) is 0 Å². The van der Waals surface area contributed by atoms with E-state index in [1.54, 1.807) is 0 Å². The van der Waals surface area contributed by atoms with Crippen LogP contribution in [0.15, 0.2) is 54.9 Å². The minimum absolute atomic E-state index is 0.0739. The second kappa shape index (κ2) is 6.38. The van der Waals surface area contributed by atoms with E-state index in [9.17, 15) is 5.11 Å². The molecule has 0 aliphatic carbocycles. The Morgan fingerprint density at radius 3 is 2.09 bits per heavy atom. The number of hydrogen-bond acceptors (Lipinski definition) is 3. The smallest absolute Gasteiger partial charge is 0.181 e. The molecule has 0 amide bonds. The van der Waals surface area contributed by atoms with Crippen LogP contribution in [0.5, 0.6) is 5.75 Å². The summed E-state index contributed by atoms with van der Waals surface area (Å²) in [6.07, 6.45) is 12.1. The zero-order valence-corrected chi connectivity index (χ0v) is 16.0. The SMILES string of the molecule is CN(N1C=CC=CC=C1)[Si](C)(C)c1cccc(C(C)(C)C)c1O. The highest BCUT2D eigenvalue weighted by Crippen LogP contribution is 2.31. The van der Waals surface area contributed by atoms with E-state index in [4.69, 9.17) is 0 Å².